The molecule has 0 atom stereocenters. The Bertz CT molecular complexity index is 620. The predicted octanol–water partition coefficient (Wildman–Crippen LogP) is 3.71. The number of anilines is 2. The summed E-state index contributed by atoms with van der Waals surface area (Å²) in [4.78, 5) is 40.8. The summed E-state index contributed by atoms with van der Waals surface area (Å²) in [6, 6.07) is 5.67. The maximum atomic E-state index is 11.9. The maximum Gasteiger partial charge on any atom is 0.345 e. The van der Waals surface area contributed by atoms with Gasteiger partial charge in [-0.3, -0.25) is 4.89 Å². The monoisotopic (exact) mass is 364 g/mol. The van der Waals surface area contributed by atoms with Gasteiger partial charge in [0, 0.05) is 31.6 Å². The number of fused-ring (bicyclic) bond motifs is 1. The van der Waals surface area contributed by atoms with Crippen molar-refractivity contribution in [1.29, 1.82) is 0 Å². The topological polar surface area (TPSA) is 68.3 Å². The number of carbonyl (C=O) groups is 2. The number of carbonyl (C=O) groups excluding carboxylic acids is 2. The van der Waals surface area contributed by atoms with Gasteiger partial charge in [0.15, 0.2) is 0 Å². The Morgan fingerprint density at radius 1 is 1.08 bits per heavy atom. The molecule has 1 heterocycles. The summed E-state index contributed by atoms with van der Waals surface area (Å²) >= 11 is 0. The third-order valence-electron chi connectivity index (χ3n) is 4.05. The molecule has 144 valence electrons. The maximum absolute atomic E-state index is 11.9. The van der Waals surface area contributed by atoms with Crippen molar-refractivity contribution in [3.8, 4) is 0 Å². The second-order valence-electron chi connectivity index (χ2n) is 6.30. The highest BCUT2D eigenvalue weighted by molar-refractivity contribution is 5.71. The van der Waals surface area contributed by atoms with Crippen molar-refractivity contribution in [2.45, 2.75) is 59.3 Å². The Balaban J connectivity index is 2.13. The van der Waals surface area contributed by atoms with Crippen molar-refractivity contribution >= 4 is 23.3 Å². The van der Waals surface area contributed by atoms with Gasteiger partial charge >= 0.3 is 11.9 Å². The Morgan fingerprint density at radius 3 is 2.50 bits per heavy atom. The second-order valence-corrected chi connectivity index (χ2v) is 6.30. The first-order chi connectivity index (χ1) is 12.6. The number of hydrogen-bond acceptors (Lipinski definition) is 7. The van der Waals surface area contributed by atoms with Crippen LogP contribution in [0, 0.1) is 0 Å². The lowest BCUT2D eigenvalue weighted by Gasteiger charge is -2.21. The molecular formula is C19H28N2O5. The van der Waals surface area contributed by atoms with Gasteiger partial charge in [-0.2, -0.15) is 0 Å². The molecule has 1 aromatic rings. The van der Waals surface area contributed by atoms with Crippen LogP contribution in [0.1, 0.15) is 58.4 Å². The van der Waals surface area contributed by atoms with Crippen molar-refractivity contribution in [3.63, 3.8) is 0 Å². The minimum Gasteiger partial charge on any atom is -0.371 e. The van der Waals surface area contributed by atoms with Gasteiger partial charge in [-0.15, -0.1) is 0 Å². The molecule has 26 heavy (non-hydrogen) atoms. The second kappa shape index (κ2) is 10.0. The first-order valence-corrected chi connectivity index (χ1v) is 9.35. The van der Waals surface area contributed by atoms with E-state index in [1.165, 1.54) is 5.69 Å². The summed E-state index contributed by atoms with van der Waals surface area (Å²) < 4.78 is 0. The van der Waals surface area contributed by atoms with Crippen LogP contribution in [0.15, 0.2) is 18.2 Å². The molecule has 0 aromatic heterocycles. The largest absolute Gasteiger partial charge is 0.371 e. The fourth-order valence-corrected chi connectivity index (χ4v) is 2.85. The average molecular weight is 364 g/mol. The van der Waals surface area contributed by atoms with Crippen molar-refractivity contribution < 1.29 is 24.3 Å². The van der Waals surface area contributed by atoms with Gasteiger partial charge in [0.05, 0.1) is 0 Å². The van der Waals surface area contributed by atoms with Crippen LogP contribution in [-0.4, -0.2) is 25.0 Å². The standard InChI is InChI=1S/C19H28N2O5/c1-4-7-18(22)24-21(26-25-19(23)8-5-2)16-9-10-17-15(14-16)11-13-20(17)12-6-3/h9-10,14H,4-8,11-13H2,1-3H3. The molecule has 1 aliphatic rings. The van der Waals surface area contributed by atoms with E-state index in [0.29, 0.717) is 18.5 Å². The smallest absolute Gasteiger partial charge is 0.345 e. The van der Waals surface area contributed by atoms with Crippen molar-refractivity contribution in [2.75, 3.05) is 23.2 Å². The Morgan fingerprint density at radius 2 is 1.81 bits per heavy atom. The fraction of sp³-hybridized carbons (Fsp3) is 0.579. The zero-order chi connectivity index (χ0) is 18.9. The van der Waals surface area contributed by atoms with E-state index in [-0.39, 0.29) is 12.8 Å². The van der Waals surface area contributed by atoms with E-state index in [1.54, 1.807) is 6.07 Å². The lowest BCUT2D eigenvalue weighted by atomic mass is 10.1. The van der Waals surface area contributed by atoms with Crippen molar-refractivity contribution in [1.82, 2.24) is 0 Å². The molecule has 0 saturated carbocycles. The molecule has 0 saturated heterocycles. The van der Waals surface area contributed by atoms with E-state index in [0.717, 1.165) is 36.7 Å². The van der Waals surface area contributed by atoms with E-state index < -0.39 is 11.9 Å². The van der Waals surface area contributed by atoms with Crippen LogP contribution in [0.5, 0.6) is 0 Å². The third-order valence-corrected chi connectivity index (χ3v) is 4.05. The van der Waals surface area contributed by atoms with Crippen LogP contribution >= 0.6 is 0 Å². The minimum atomic E-state index is -0.515. The fourth-order valence-electron chi connectivity index (χ4n) is 2.85. The van der Waals surface area contributed by atoms with Crippen LogP contribution in [0.2, 0.25) is 0 Å². The average Bonchev–Trinajstić information content (AvgIpc) is 3.01. The lowest BCUT2D eigenvalue weighted by Crippen LogP contribution is -2.29. The number of nitrogens with zero attached hydrogens (tertiary/aromatic N) is 2. The molecule has 0 bridgehead atoms. The van der Waals surface area contributed by atoms with Crippen LogP contribution in [0.3, 0.4) is 0 Å². The van der Waals surface area contributed by atoms with E-state index >= 15 is 0 Å². The first kappa shape index (κ1) is 20.0. The van der Waals surface area contributed by atoms with Crippen molar-refractivity contribution in [3.05, 3.63) is 23.8 Å². The summed E-state index contributed by atoms with van der Waals surface area (Å²) in [6.07, 6.45) is 3.77. The molecule has 0 fully saturated rings. The summed E-state index contributed by atoms with van der Waals surface area (Å²) in [7, 11) is 0. The SMILES string of the molecule is CCCC(=O)OON(OC(=O)CCC)c1ccc2c(c1)CCN2CCC. The molecule has 0 N–H and O–H groups in total. The van der Waals surface area contributed by atoms with Gasteiger partial charge < -0.3 is 9.74 Å². The number of benzene rings is 1. The summed E-state index contributed by atoms with van der Waals surface area (Å²) in [5.41, 5.74) is 2.84. The van der Waals surface area contributed by atoms with Crippen LogP contribution in [0.4, 0.5) is 11.4 Å². The van der Waals surface area contributed by atoms with Crippen LogP contribution < -0.4 is 10.1 Å². The highest BCUT2D eigenvalue weighted by atomic mass is 17.3. The minimum absolute atomic E-state index is 0.229. The summed E-state index contributed by atoms with van der Waals surface area (Å²) in [6.45, 7) is 7.87. The molecule has 0 radical (unpaired) electrons. The molecule has 0 aliphatic carbocycles. The van der Waals surface area contributed by atoms with Gasteiger partial charge in [-0.25, -0.2) is 9.59 Å². The van der Waals surface area contributed by atoms with E-state index in [1.807, 2.05) is 26.0 Å². The molecule has 1 aliphatic heterocycles. The zero-order valence-corrected chi connectivity index (χ0v) is 15.8. The van der Waals surface area contributed by atoms with Gasteiger partial charge in [0.1, 0.15) is 5.69 Å². The van der Waals surface area contributed by atoms with Crippen LogP contribution in [0.25, 0.3) is 0 Å². The third kappa shape index (κ3) is 5.36. The summed E-state index contributed by atoms with van der Waals surface area (Å²) in [5.74, 6) is -0.966. The zero-order valence-electron chi connectivity index (χ0n) is 15.8. The van der Waals surface area contributed by atoms with E-state index in [2.05, 4.69) is 11.8 Å². The van der Waals surface area contributed by atoms with Gasteiger partial charge in [-0.1, -0.05) is 20.8 Å². The van der Waals surface area contributed by atoms with Gasteiger partial charge in [0.2, 0.25) is 0 Å². The van der Waals surface area contributed by atoms with E-state index in [9.17, 15) is 9.59 Å². The molecule has 0 spiro atoms. The Hall–Kier alpha value is -2.28. The molecule has 2 rings (SSSR count). The van der Waals surface area contributed by atoms with Crippen LogP contribution in [-0.2, 0) is 30.7 Å². The molecular weight excluding hydrogens is 336 g/mol. The molecule has 0 amide bonds. The van der Waals surface area contributed by atoms with Crippen molar-refractivity contribution in [2.24, 2.45) is 0 Å². The first-order valence-electron chi connectivity index (χ1n) is 9.35. The van der Waals surface area contributed by atoms with E-state index in [4.69, 9.17) is 14.7 Å². The Kier molecular flexibility index (Phi) is 7.72. The highest BCUT2D eigenvalue weighted by Crippen LogP contribution is 2.32. The molecule has 0 unspecified atom stereocenters. The van der Waals surface area contributed by atoms with Gasteiger partial charge in [-0.05, 0) is 59.7 Å². The summed E-state index contributed by atoms with van der Waals surface area (Å²) in [5, 5.41) is 0.883. The van der Waals surface area contributed by atoms with Gasteiger partial charge in [0.25, 0.3) is 0 Å². The number of hydrogen-bond donors (Lipinski definition) is 0. The highest BCUT2D eigenvalue weighted by Gasteiger charge is 2.23. The Labute approximate surface area is 154 Å². The number of rotatable bonds is 10. The quantitative estimate of drug-likeness (QED) is 0.463. The predicted molar refractivity (Wildman–Crippen MR) is 98.2 cm³/mol. The molecule has 7 nitrogen and oxygen atoms in total. The molecule has 7 heteroatoms. The normalized spacial score (nSPS) is 12.7. The molecule has 1 aromatic carbocycles. The lowest BCUT2D eigenvalue weighted by molar-refractivity contribution is -0.320.